The predicted molar refractivity (Wildman–Crippen MR) is 134 cm³/mol. The summed E-state index contributed by atoms with van der Waals surface area (Å²) in [6.07, 6.45) is 12.0. The highest BCUT2D eigenvalue weighted by molar-refractivity contribution is 7.10. The summed E-state index contributed by atoms with van der Waals surface area (Å²) in [5.74, 6) is 1.80. The molecule has 3 aliphatic heterocycles. The van der Waals surface area contributed by atoms with E-state index < -0.39 is 5.54 Å². The van der Waals surface area contributed by atoms with Crippen molar-refractivity contribution in [3.05, 3.63) is 21.9 Å². The molecule has 4 fully saturated rings. The maximum absolute atomic E-state index is 13.4. The van der Waals surface area contributed by atoms with Crippen molar-refractivity contribution in [1.29, 1.82) is 0 Å². The van der Waals surface area contributed by atoms with E-state index in [0.29, 0.717) is 17.9 Å². The Morgan fingerprint density at radius 3 is 2.33 bits per heavy atom. The van der Waals surface area contributed by atoms with Crippen LogP contribution in [0.2, 0.25) is 0 Å². The lowest BCUT2D eigenvalue weighted by molar-refractivity contribution is -0.142. The molecule has 4 heterocycles. The van der Waals surface area contributed by atoms with Crippen LogP contribution in [0.3, 0.4) is 0 Å². The molecule has 2 unspecified atom stereocenters. The van der Waals surface area contributed by atoms with E-state index >= 15 is 0 Å². The molecule has 182 valence electrons. The SMILES string of the molecule is CC(C)(C(=O)N1CCCC1)N1CCC(c2cc(C(=O)N3CCCC4CCCCC43)cs2)CC1. The van der Waals surface area contributed by atoms with Gasteiger partial charge >= 0.3 is 0 Å². The van der Waals surface area contributed by atoms with Gasteiger partial charge in [0, 0.05) is 35.9 Å². The number of hydrogen-bond acceptors (Lipinski definition) is 4. The minimum absolute atomic E-state index is 0.267. The molecule has 0 spiro atoms. The summed E-state index contributed by atoms with van der Waals surface area (Å²) >= 11 is 1.77. The molecule has 1 aliphatic carbocycles. The second kappa shape index (κ2) is 9.69. The van der Waals surface area contributed by atoms with Crippen molar-refractivity contribution in [2.75, 3.05) is 32.7 Å². The van der Waals surface area contributed by atoms with Gasteiger partial charge in [0.25, 0.3) is 5.91 Å². The lowest BCUT2D eigenvalue weighted by Gasteiger charge is -2.44. The zero-order valence-corrected chi connectivity index (χ0v) is 21.4. The predicted octanol–water partition coefficient (Wildman–Crippen LogP) is 5.12. The molecule has 2 atom stereocenters. The highest BCUT2D eigenvalue weighted by atomic mass is 32.1. The van der Waals surface area contributed by atoms with E-state index in [4.69, 9.17) is 0 Å². The van der Waals surface area contributed by atoms with Crippen LogP contribution in [-0.2, 0) is 4.79 Å². The van der Waals surface area contributed by atoms with Crippen LogP contribution in [0.25, 0.3) is 0 Å². The summed E-state index contributed by atoms with van der Waals surface area (Å²) in [5.41, 5.74) is 0.490. The van der Waals surface area contributed by atoms with Gasteiger partial charge in [0.1, 0.15) is 0 Å². The second-order valence-electron chi connectivity index (χ2n) is 11.3. The average molecular weight is 472 g/mol. The van der Waals surface area contributed by atoms with Crippen molar-refractivity contribution in [1.82, 2.24) is 14.7 Å². The Balaban J connectivity index is 1.20. The Hall–Kier alpha value is -1.40. The first-order valence-corrected chi connectivity index (χ1v) is 14.3. The Morgan fingerprint density at radius 2 is 1.58 bits per heavy atom. The van der Waals surface area contributed by atoms with Gasteiger partial charge in [0.15, 0.2) is 0 Å². The minimum Gasteiger partial charge on any atom is -0.341 e. The van der Waals surface area contributed by atoms with Crippen LogP contribution < -0.4 is 0 Å². The summed E-state index contributed by atoms with van der Waals surface area (Å²) in [4.78, 5) is 34.5. The summed E-state index contributed by atoms with van der Waals surface area (Å²) in [5, 5.41) is 2.11. The van der Waals surface area contributed by atoms with Crippen molar-refractivity contribution < 1.29 is 9.59 Å². The Kier molecular flexibility index (Phi) is 6.86. The summed E-state index contributed by atoms with van der Waals surface area (Å²) in [6, 6.07) is 2.67. The molecule has 1 saturated carbocycles. The molecule has 4 aliphatic rings. The van der Waals surface area contributed by atoms with Crippen molar-refractivity contribution >= 4 is 23.2 Å². The third-order valence-corrected chi connectivity index (χ3v) is 10.1. The largest absolute Gasteiger partial charge is 0.341 e. The number of amides is 2. The number of hydrogen-bond donors (Lipinski definition) is 0. The van der Waals surface area contributed by atoms with Gasteiger partial charge in [-0.05, 0) is 96.2 Å². The van der Waals surface area contributed by atoms with Crippen LogP contribution in [0.4, 0.5) is 0 Å². The molecule has 0 bridgehead atoms. The number of fused-ring (bicyclic) bond motifs is 1. The van der Waals surface area contributed by atoms with Crippen LogP contribution in [0, 0.1) is 5.92 Å². The van der Waals surface area contributed by atoms with Gasteiger partial charge in [0.2, 0.25) is 5.91 Å². The first kappa shape index (κ1) is 23.3. The molecule has 5 rings (SSSR count). The lowest BCUT2D eigenvalue weighted by Crippen LogP contribution is -2.57. The van der Waals surface area contributed by atoms with Gasteiger partial charge in [-0.1, -0.05) is 12.8 Å². The van der Waals surface area contributed by atoms with Gasteiger partial charge in [0.05, 0.1) is 11.1 Å². The number of piperidine rings is 2. The molecular formula is C27H41N3O2S. The van der Waals surface area contributed by atoms with Crippen molar-refractivity contribution in [3.8, 4) is 0 Å². The monoisotopic (exact) mass is 471 g/mol. The third-order valence-electron chi connectivity index (χ3n) is 8.98. The molecule has 0 radical (unpaired) electrons. The van der Waals surface area contributed by atoms with Gasteiger partial charge in [-0.3, -0.25) is 14.5 Å². The fraction of sp³-hybridized carbons (Fsp3) is 0.778. The van der Waals surface area contributed by atoms with Crippen LogP contribution in [-0.4, -0.2) is 70.8 Å². The fourth-order valence-corrected chi connectivity index (χ4v) is 7.94. The molecule has 5 nitrogen and oxygen atoms in total. The van der Waals surface area contributed by atoms with Crippen LogP contribution in [0.15, 0.2) is 11.4 Å². The van der Waals surface area contributed by atoms with Gasteiger partial charge in [-0.25, -0.2) is 0 Å². The van der Waals surface area contributed by atoms with E-state index in [2.05, 4.69) is 40.0 Å². The number of likely N-dealkylation sites (tertiary alicyclic amines) is 3. The molecule has 0 N–H and O–H groups in total. The minimum atomic E-state index is -0.420. The van der Waals surface area contributed by atoms with Gasteiger partial charge < -0.3 is 9.80 Å². The smallest absolute Gasteiger partial charge is 0.254 e. The quantitative estimate of drug-likeness (QED) is 0.612. The van der Waals surface area contributed by atoms with Crippen LogP contribution >= 0.6 is 11.3 Å². The summed E-state index contributed by atoms with van der Waals surface area (Å²) in [6.45, 7) is 8.89. The lowest BCUT2D eigenvalue weighted by atomic mass is 9.78. The first-order chi connectivity index (χ1) is 15.9. The fourth-order valence-electron chi connectivity index (χ4n) is 6.89. The van der Waals surface area contributed by atoms with E-state index in [0.717, 1.165) is 76.3 Å². The molecule has 1 aromatic heterocycles. The van der Waals surface area contributed by atoms with E-state index in [9.17, 15) is 9.59 Å². The molecule has 3 saturated heterocycles. The van der Waals surface area contributed by atoms with E-state index in [1.807, 2.05) is 0 Å². The highest BCUT2D eigenvalue weighted by Gasteiger charge is 2.40. The van der Waals surface area contributed by atoms with Crippen molar-refractivity contribution in [2.24, 2.45) is 5.92 Å². The first-order valence-electron chi connectivity index (χ1n) is 13.4. The Labute approximate surface area is 203 Å². The number of rotatable bonds is 4. The molecule has 33 heavy (non-hydrogen) atoms. The standard InChI is InChI=1S/C27H41N3O2S/c1-27(2,26(32)28-13-5-6-14-28)29-16-11-21(12-17-29)24-18-22(19-33-24)25(31)30-15-7-9-20-8-3-4-10-23(20)30/h18-21,23H,3-17H2,1-2H3. The zero-order valence-electron chi connectivity index (χ0n) is 20.6. The van der Waals surface area contributed by atoms with Crippen molar-refractivity contribution in [3.63, 3.8) is 0 Å². The maximum atomic E-state index is 13.4. The molecule has 1 aromatic rings. The summed E-state index contributed by atoms with van der Waals surface area (Å²) < 4.78 is 0. The topological polar surface area (TPSA) is 43.9 Å². The zero-order chi connectivity index (χ0) is 23.0. The second-order valence-corrected chi connectivity index (χ2v) is 12.3. The average Bonchev–Trinajstić information content (AvgIpc) is 3.56. The highest BCUT2D eigenvalue weighted by Crippen LogP contribution is 2.38. The Bertz CT molecular complexity index is 849. The number of nitrogens with zero attached hydrogens (tertiary/aromatic N) is 3. The molecule has 2 amide bonds. The van der Waals surface area contributed by atoms with E-state index in [-0.39, 0.29) is 5.91 Å². The molecular weight excluding hydrogens is 430 g/mol. The number of carbonyl (C=O) groups is 2. The number of thiophene rings is 1. The number of carbonyl (C=O) groups excluding carboxylic acids is 2. The van der Waals surface area contributed by atoms with Crippen LogP contribution in [0.5, 0.6) is 0 Å². The van der Waals surface area contributed by atoms with Crippen molar-refractivity contribution in [2.45, 2.75) is 95.6 Å². The van der Waals surface area contributed by atoms with Gasteiger partial charge in [-0.15, -0.1) is 11.3 Å². The maximum Gasteiger partial charge on any atom is 0.254 e. The third kappa shape index (κ3) is 4.62. The summed E-state index contributed by atoms with van der Waals surface area (Å²) in [7, 11) is 0. The van der Waals surface area contributed by atoms with Crippen LogP contribution in [0.1, 0.15) is 99.2 Å². The normalized spacial score (nSPS) is 27.6. The molecule has 0 aromatic carbocycles. The van der Waals surface area contributed by atoms with E-state index in [1.54, 1.807) is 11.3 Å². The van der Waals surface area contributed by atoms with Gasteiger partial charge in [-0.2, -0.15) is 0 Å². The molecule has 6 heteroatoms. The van der Waals surface area contributed by atoms with E-state index in [1.165, 1.54) is 37.0 Å². The Morgan fingerprint density at radius 1 is 0.879 bits per heavy atom.